The minimum Gasteiger partial charge on any atom is -0.368 e. The van der Waals surface area contributed by atoms with Crippen molar-refractivity contribution < 1.29 is 4.79 Å². The van der Waals surface area contributed by atoms with Crippen molar-refractivity contribution in [3.05, 3.63) is 0 Å². The fraction of sp³-hybridized carbons (Fsp3) is 0.923. The molecule has 1 amide bonds. The zero-order valence-electron chi connectivity index (χ0n) is 12.2. The molecule has 0 aliphatic carbocycles. The third kappa shape index (κ3) is 5.50. The largest absolute Gasteiger partial charge is 0.368 e. The van der Waals surface area contributed by atoms with Crippen LogP contribution in [-0.4, -0.2) is 42.0 Å². The second-order valence-corrected chi connectivity index (χ2v) is 5.64. The zero-order chi connectivity index (χ0) is 13.6. The summed E-state index contributed by atoms with van der Waals surface area (Å²) in [5.41, 5.74) is 4.86. The summed E-state index contributed by atoms with van der Waals surface area (Å²) in [6.45, 7) is 14.9. The van der Waals surface area contributed by atoms with Crippen molar-refractivity contribution in [3.63, 3.8) is 0 Å². The molecule has 3 N–H and O–H groups in total. The van der Waals surface area contributed by atoms with Gasteiger partial charge in [-0.1, -0.05) is 20.8 Å². The Balaban J connectivity index is 4.73. The monoisotopic (exact) mass is 243 g/mol. The van der Waals surface area contributed by atoms with Crippen LogP contribution in [0.1, 0.15) is 41.5 Å². The summed E-state index contributed by atoms with van der Waals surface area (Å²) in [6, 6.07) is 0.412. The molecule has 0 bridgehead atoms. The number of nitrogens with one attached hydrogen (secondary N) is 1. The third-order valence-corrected chi connectivity index (χ3v) is 2.96. The number of nitrogens with zero attached hydrogens (tertiary/aromatic N) is 1. The lowest BCUT2D eigenvalue weighted by Gasteiger charge is -2.37. The molecule has 0 radical (unpaired) electrons. The van der Waals surface area contributed by atoms with E-state index in [0.717, 1.165) is 13.1 Å². The molecule has 102 valence electrons. The highest BCUT2D eigenvalue weighted by molar-refractivity contribution is 5.84. The second-order valence-electron chi connectivity index (χ2n) is 5.64. The highest BCUT2D eigenvalue weighted by atomic mass is 16.1. The third-order valence-electron chi connectivity index (χ3n) is 2.96. The normalized spacial score (nSPS) is 15.6. The molecule has 0 aliphatic heterocycles. The molecular weight excluding hydrogens is 214 g/mol. The van der Waals surface area contributed by atoms with Gasteiger partial charge in [-0.3, -0.25) is 9.69 Å². The van der Waals surface area contributed by atoms with E-state index in [9.17, 15) is 4.79 Å². The van der Waals surface area contributed by atoms with Gasteiger partial charge in [0.2, 0.25) is 5.91 Å². The Kier molecular flexibility index (Phi) is 6.72. The summed E-state index contributed by atoms with van der Waals surface area (Å²) in [4.78, 5) is 13.9. The highest BCUT2D eigenvalue weighted by Crippen LogP contribution is 2.11. The van der Waals surface area contributed by atoms with E-state index in [4.69, 9.17) is 5.73 Å². The van der Waals surface area contributed by atoms with E-state index in [1.165, 1.54) is 0 Å². The molecule has 0 aliphatic rings. The van der Waals surface area contributed by atoms with Crippen LogP contribution in [-0.2, 0) is 4.79 Å². The van der Waals surface area contributed by atoms with E-state index in [2.05, 4.69) is 37.9 Å². The molecule has 4 heteroatoms. The van der Waals surface area contributed by atoms with Gasteiger partial charge in [0.15, 0.2) is 0 Å². The molecule has 0 saturated heterocycles. The van der Waals surface area contributed by atoms with Gasteiger partial charge in [0.1, 0.15) is 5.54 Å². The summed E-state index contributed by atoms with van der Waals surface area (Å²) in [7, 11) is 0. The first kappa shape index (κ1) is 16.4. The maximum atomic E-state index is 11.6. The maximum absolute atomic E-state index is 11.6. The summed E-state index contributed by atoms with van der Waals surface area (Å²) in [6.07, 6.45) is 0. The first-order valence-corrected chi connectivity index (χ1v) is 6.52. The van der Waals surface area contributed by atoms with Gasteiger partial charge in [-0.2, -0.15) is 0 Å². The van der Waals surface area contributed by atoms with Crippen molar-refractivity contribution in [3.8, 4) is 0 Å². The lowest BCUT2D eigenvalue weighted by atomic mass is 9.99. The smallest absolute Gasteiger partial charge is 0.238 e. The predicted octanol–water partition coefficient (Wildman–Crippen LogP) is 1.21. The lowest BCUT2D eigenvalue weighted by molar-refractivity contribution is -0.124. The minimum absolute atomic E-state index is 0.284. The van der Waals surface area contributed by atoms with Gasteiger partial charge in [0.05, 0.1) is 0 Å². The van der Waals surface area contributed by atoms with Crippen molar-refractivity contribution in [2.75, 3.05) is 19.6 Å². The predicted molar refractivity (Wildman–Crippen MR) is 72.8 cm³/mol. The van der Waals surface area contributed by atoms with Crippen molar-refractivity contribution in [1.29, 1.82) is 0 Å². The van der Waals surface area contributed by atoms with Gasteiger partial charge in [-0.05, 0) is 33.2 Å². The fourth-order valence-electron chi connectivity index (χ4n) is 1.94. The molecule has 1 unspecified atom stereocenters. The Labute approximate surface area is 106 Å². The average Bonchev–Trinajstić information content (AvgIpc) is 2.15. The number of carbonyl (C=O) groups is 1. The first-order chi connectivity index (χ1) is 7.73. The number of nitrogens with two attached hydrogens (primary N) is 1. The Morgan fingerprint density at radius 2 is 1.88 bits per heavy atom. The van der Waals surface area contributed by atoms with E-state index in [-0.39, 0.29) is 5.91 Å². The quantitative estimate of drug-likeness (QED) is 0.673. The van der Waals surface area contributed by atoms with Gasteiger partial charge in [-0.25, -0.2) is 0 Å². The van der Waals surface area contributed by atoms with Crippen LogP contribution in [0.3, 0.4) is 0 Å². The van der Waals surface area contributed by atoms with Gasteiger partial charge in [0, 0.05) is 19.1 Å². The van der Waals surface area contributed by atoms with Crippen LogP contribution in [0.2, 0.25) is 0 Å². The molecule has 4 nitrogen and oxygen atoms in total. The molecular formula is C13H29N3O. The number of hydrogen-bond donors (Lipinski definition) is 2. The van der Waals surface area contributed by atoms with E-state index in [1.807, 2.05) is 13.8 Å². The maximum Gasteiger partial charge on any atom is 0.238 e. The molecule has 0 aromatic carbocycles. The molecule has 0 saturated carbocycles. The number of likely N-dealkylation sites (N-methyl/N-ethyl adjacent to an activating group) is 1. The number of amides is 1. The van der Waals surface area contributed by atoms with Crippen LogP contribution >= 0.6 is 0 Å². The van der Waals surface area contributed by atoms with E-state index in [0.29, 0.717) is 18.5 Å². The van der Waals surface area contributed by atoms with Crippen molar-refractivity contribution >= 4 is 5.91 Å². The Morgan fingerprint density at radius 1 is 1.35 bits per heavy atom. The van der Waals surface area contributed by atoms with Crippen LogP contribution in [0.5, 0.6) is 0 Å². The van der Waals surface area contributed by atoms with Crippen molar-refractivity contribution in [2.24, 2.45) is 11.7 Å². The van der Waals surface area contributed by atoms with Crippen LogP contribution in [0.25, 0.3) is 0 Å². The number of rotatable bonds is 8. The van der Waals surface area contributed by atoms with Crippen LogP contribution in [0.15, 0.2) is 0 Å². The number of carbonyl (C=O) groups excluding carboxylic acids is 1. The highest BCUT2D eigenvalue weighted by Gasteiger charge is 2.33. The van der Waals surface area contributed by atoms with Crippen LogP contribution < -0.4 is 11.1 Å². The van der Waals surface area contributed by atoms with E-state index < -0.39 is 5.54 Å². The van der Waals surface area contributed by atoms with Gasteiger partial charge in [-0.15, -0.1) is 0 Å². The molecule has 0 heterocycles. The van der Waals surface area contributed by atoms with Crippen LogP contribution in [0.4, 0.5) is 0 Å². The molecule has 0 rings (SSSR count). The topological polar surface area (TPSA) is 58.4 Å². The molecule has 1 atom stereocenters. The Morgan fingerprint density at radius 3 is 2.18 bits per heavy atom. The second kappa shape index (κ2) is 6.97. The van der Waals surface area contributed by atoms with Gasteiger partial charge >= 0.3 is 0 Å². The minimum atomic E-state index is -0.645. The Bertz CT molecular complexity index is 241. The Hall–Kier alpha value is -0.610. The molecule has 0 aromatic heterocycles. The lowest BCUT2D eigenvalue weighted by Crippen LogP contribution is -2.60. The van der Waals surface area contributed by atoms with Gasteiger partial charge < -0.3 is 11.1 Å². The number of hydrogen-bond acceptors (Lipinski definition) is 3. The summed E-state index contributed by atoms with van der Waals surface area (Å²) >= 11 is 0. The molecule has 17 heavy (non-hydrogen) atoms. The first-order valence-electron chi connectivity index (χ1n) is 6.52. The van der Waals surface area contributed by atoms with E-state index >= 15 is 0 Å². The van der Waals surface area contributed by atoms with Crippen molar-refractivity contribution in [2.45, 2.75) is 53.1 Å². The zero-order valence-corrected chi connectivity index (χ0v) is 12.2. The SMILES string of the molecule is CCNC(C)(CN(CC(C)C)C(C)C)C(N)=O. The molecule has 0 aromatic rings. The summed E-state index contributed by atoms with van der Waals surface area (Å²) in [5, 5.41) is 3.20. The number of primary amides is 1. The molecule has 0 fully saturated rings. The standard InChI is InChI=1S/C13H29N3O/c1-7-15-13(6,12(14)17)9-16(11(4)5)8-10(2)3/h10-11,15H,7-9H2,1-6H3,(H2,14,17). The summed E-state index contributed by atoms with van der Waals surface area (Å²) in [5.74, 6) is 0.296. The van der Waals surface area contributed by atoms with E-state index in [1.54, 1.807) is 0 Å². The average molecular weight is 243 g/mol. The van der Waals surface area contributed by atoms with Crippen LogP contribution in [0, 0.1) is 5.92 Å². The van der Waals surface area contributed by atoms with Gasteiger partial charge in [0.25, 0.3) is 0 Å². The molecule has 0 spiro atoms. The summed E-state index contributed by atoms with van der Waals surface area (Å²) < 4.78 is 0. The van der Waals surface area contributed by atoms with Crippen molar-refractivity contribution in [1.82, 2.24) is 10.2 Å². The fourth-order valence-corrected chi connectivity index (χ4v) is 1.94.